The number of sulfone groups is 1. The van der Waals surface area contributed by atoms with Gasteiger partial charge in [-0.05, 0) is 36.4 Å². The lowest BCUT2D eigenvalue weighted by atomic mass is 10.3. The van der Waals surface area contributed by atoms with Crippen LogP contribution < -0.4 is 5.32 Å². The van der Waals surface area contributed by atoms with Crippen LogP contribution in [0.4, 0.5) is 9.52 Å². The van der Waals surface area contributed by atoms with Gasteiger partial charge in [0.2, 0.25) is 5.91 Å². The van der Waals surface area contributed by atoms with E-state index in [9.17, 15) is 17.6 Å². The number of hydrogen-bond acceptors (Lipinski definition) is 5. The van der Waals surface area contributed by atoms with Crippen LogP contribution in [0.1, 0.15) is 0 Å². The van der Waals surface area contributed by atoms with Crippen LogP contribution in [-0.4, -0.2) is 25.1 Å². The third-order valence-electron chi connectivity index (χ3n) is 3.11. The van der Waals surface area contributed by atoms with Crippen LogP contribution in [0.25, 0.3) is 10.2 Å². The zero-order valence-electron chi connectivity index (χ0n) is 12.0. The van der Waals surface area contributed by atoms with E-state index in [2.05, 4.69) is 10.3 Å². The molecule has 0 radical (unpaired) electrons. The van der Waals surface area contributed by atoms with Gasteiger partial charge >= 0.3 is 0 Å². The van der Waals surface area contributed by atoms with Gasteiger partial charge in [0.15, 0.2) is 15.0 Å². The lowest BCUT2D eigenvalue weighted by Gasteiger charge is -2.04. The number of hydrogen-bond donors (Lipinski definition) is 1. The van der Waals surface area contributed by atoms with Gasteiger partial charge in [-0.2, -0.15) is 0 Å². The first-order valence-electron chi connectivity index (χ1n) is 6.68. The van der Waals surface area contributed by atoms with Crippen LogP contribution in [0.15, 0.2) is 47.4 Å². The maximum Gasteiger partial charge on any atom is 0.241 e. The summed E-state index contributed by atoms with van der Waals surface area (Å²) in [5.74, 6) is -1.99. The number of amides is 1. The summed E-state index contributed by atoms with van der Waals surface area (Å²) in [4.78, 5) is 16.0. The molecule has 5 nitrogen and oxygen atoms in total. The Hall–Kier alpha value is -2.03. The van der Waals surface area contributed by atoms with E-state index in [1.807, 2.05) is 0 Å². The van der Waals surface area contributed by atoms with Gasteiger partial charge in [-0.1, -0.05) is 29.0 Å². The average molecular weight is 385 g/mol. The first kappa shape index (κ1) is 16.8. The number of para-hydroxylation sites is 1. The standard InChI is InChI=1S/C15H10ClFN2O3S2/c16-9-4-6-10(7-5-9)24(21,22)8-13(20)18-15-19-14-11(17)2-1-3-12(14)23-15/h1-7H,8H2,(H,18,19,20). The molecule has 0 atom stereocenters. The highest BCUT2D eigenvalue weighted by Gasteiger charge is 2.20. The summed E-state index contributed by atoms with van der Waals surface area (Å²) in [6.45, 7) is 0. The van der Waals surface area contributed by atoms with Crippen molar-refractivity contribution in [1.82, 2.24) is 4.98 Å². The molecule has 0 saturated heterocycles. The number of halogens is 2. The first-order chi connectivity index (χ1) is 11.3. The Morgan fingerprint density at radius 1 is 1.21 bits per heavy atom. The summed E-state index contributed by atoms with van der Waals surface area (Å²) < 4.78 is 38.5. The zero-order valence-corrected chi connectivity index (χ0v) is 14.4. The second-order valence-corrected chi connectivity index (χ2v) is 8.32. The maximum atomic E-state index is 13.6. The van der Waals surface area contributed by atoms with E-state index in [0.717, 1.165) is 11.3 Å². The Bertz CT molecular complexity index is 1020. The number of anilines is 1. The van der Waals surface area contributed by atoms with E-state index >= 15 is 0 Å². The lowest BCUT2D eigenvalue weighted by Crippen LogP contribution is -2.22. The summed E-state index contributed by atoms with van der Waals surface area (Å²) >= 11 is 6.78. The van der Waals surface area contributed by atoms with Crippen LogP contribution in [0.5, 0.6) is 0 Å². The van der Waals surface area contributed by atoms with Crippen molar-refractivity contribution in [2.24, 2.45) is 0 Å². The minimum Gasteiger partial charge on any atom is -0.301 e. The molecule has 1 aromatic heterocycles. The molecule has 3 rings (SSSR count). The van der Waals surface area contributed by atoms with Gasteiger partial charge in [0, 0.05) is 5.02 Å². The molecule has 0 fully saturated rings. The molecule has 2 aromatic carbocycles. The van der Waals surface area contributed by atoms with Crippen LogP contribution in [0.2, 0.25) is 5.02 Å². The maximum absolute atomic E-state index is 13.6. The van der Waals surface area contributed by atoms with Gasteiger partial charge in [-0.3, -0.25) is 4.79 Å². The number of thiazole rings is 1. The Balaban J connectivity index is 1.77. The van der Waals surface area contributed by atoms with Crippen molar-refractivity contribution in [2.45, 2.75) is 4.90 Å². The Morgan fingerprint density at radius 2 is 1.92 bits per heavy atom. The molecule has 3 aromatic rings. The summed E-state index contributed by atoms with van der Waals surface area (Å²) in [6, 6.07) is 9.99. The Labute approximate surface area is 146 Å². The third-order valence-corrected chi connectivity index (χ3v) is 5.93. The largest absolute Gasteiger partial charge is 0.301 e. The minimum atomic E-state index is -3.80. The van der Waals surface area contributed by atoms with E-state index in [4.69, 9.17) is 11.6 Å². The van der Waals surface area contributed by atoms with Gasteiger partial charge in [0.05, 0.1) is 9.60 Å². The molecule has 1 heterocycles. The molecule has 0 aliphatic carbocycles. The van der Waals surface area contributed by atoms with Crippen molar-refractivity contribution in [3.63, 3.8) is 0 Å². The average Bonchev–Trinajstić information content (AvgIpc) is 2.90. The number of carbonyl (C=O) groups excluding carboxylic acids is 1. The molecular formula is C15H10ClFN2O3S2. The van der Waals surface area contributed by atoms with Crippen molar-refractivity contribution < 1.29 is 17.6 Å². The zero-order chi connectivity index (χ0) is 17.3. The summed E-state index contributed by atoms with van der Waals surface area (Å²) in [7, 11) is -3.80. The number of nitrogens with zero attached hydrogens (tertiary/aromatic N) is 1. The van der Waals surface area contributed by atoms with Gasteiger partial charge in [-0.15, -0.1) is 0 Å². The van der Waals surface area contributed by atoms with Crippen molar-refractivity contribution >= 4 is 54.0 Å². The lowest BCUT2D eigenvalue weighted by molar-refractivity contribution is -0.113. The van der Waals surface area contributed by atoms with Crippen LogP contribution in [0.3, 0.4) is 0 Å². The second-order valence-electron chi connectivity index (χ2n) is 4.87. The predicted octanol–water partition coefficient (Wildman–Crippen LogP) is 3.50. The number of aromatic nitrogens is 1. The number of carbonyl (C=O) groups is 1. The molecule has 0 bridgehead atoms. The van der Waals surface area contributed by atoms with Crippen molar-refractivity contribution in [3.05, 3.63) is 53.3 Å². The fraction of sp³-hybridized carbons (Fsp3) is 0.0667. The van der Waals surface area contributed by atoms with Gasteiger partial charge < -0.3 is 5.32 Å². The smallest absolute Gasteiger partial charge is 0.241 e. The summed E-state index contributed by atoms with van der Waals surface area (Å²) in [6.07, 6.45) is 0. The van der Waals surface area contributed by atoms with Crippen LogP contribution in [-0.2, 0) is 14.6 Å². The monoisotopic (exact) mass is 384 g/mol. The van der Waals surface area contributed by atoms with Gasteiger partial charge in [-0.25, -0.2) is 17.8 Å². The highest BCUT2D eigenvalue weighted by molar-refractivity contribution is 7.92. The molecule has 0 aliphatic rings. The molecule has 1 N–H and O–H groups in total. The van der Waals surface area contributed by atoms with E-state index in [0.29, 0.717) is 9.72 Å². The summed E-state index contributed by atoms with van der Waals surface area (Å²) in [5, 5.41) is 2.94. The third kappa shape index (κ3) is 3.55. The number of rotatable bonds is 4. The van der Waals surface area contributed by atoms with Crippen LogP contribution >= 0.6 is 22.9 Å². The van der Waals surface area contributed by atoms with Crippen molar-refractivity contribution in [2.75, 3.05) is 11.1 Å². The van der Waals surface area contributed by atoms with E-state index < -0.39 is 27.3 Å². The van der Waals surface area contributed by atoms with E-state index in [1.165, 1.54) is 36.4 Å². The molecular weight excluding hydrogens is 375 g/mol. The van der Waals surface area contributed by atoms with Gasteiger partial charge in [0.25, 0.3) is 0 Å². The molecule has 0 unspecified atom stereocenters. The SMILES string of the molecule is O=C(CS(=O)(=O)c1ccc(Cl)cc1)Nc1nc2c(F)cccc2s1. The van der Waals surface area contributed by atoms with E-state index in [-0.39, 0.29) is 15.5 Å². The Kier molecular flexibility index (Phi) is 4.53. The quantitative estimate of drug-likeness (QED) is 0.746. The minimum absolute atomic E-state index is 0.00241. The number of benzene rings is 2. The molecule has 1 amide bonds. The van der Waals surface area contributed by atoms with E-state index in [1.54, 1.807) is 6.07 Å². The summed E-state index contributed by atoms with van der Waals surface area (Å²) in [5.41, 5.74) is 0.137. The number of fused-ring (bicyclic) bond motifs is 1. The molecule has 0 spiro atoms. The number of nitrogens with one attached hydrogen (secondary N) is 1. The fourth-order valence-electron chi connectivity index (χ4n) is 2.02. The van der Waals surface area contributed by atoms with Crippen molar-refractivity contribution in [1.29, 1.82) is 0 Å². The van der Waals surface area contributed by atoms with Crippen molar-refractivity contribution in [3.8, 4) is 0 Å². The van der Waals surface area contributed by atoms with Crippen LogP contribution in [0, 0.1) is 5.82 Å². The van der Waals surface area contributed by atoms with Gasteiger partial charge in [0.1, 0.15) is 17.1 Å². The Morgan fingerprint density at radius 3 is 2.58 bits per heavy atom. The normalized spacial score (nSPS) is 11.6. The highest BCUT2D eigenvalue weighted by Crippen LogP contribution is 2.27. The first-order valence-corrected chi connectivity index (χ1v) is 9.53. The molecule has 0 saturated carbocycles. The second kappa shape index (κ2) is 6.46. The predicted molar refractivity (Wildman–Crippen MR) is 91.7 cm³/mol. The fourth-order valence-corrected chi connectivity index (χ4v) is 4.18. The highest BCUT2D eigenvalue weighted by atomic mass is 35.5. The molecule has 124 valence electrons. The molecule has 0 aliphatic heterocycles. The topological polar surface area (TPSA) is 76.1 Å². The molecule has 24 heavy (non-hydrogen) atoms. The molecule has 9 heteroatoms.